The van der Waals surface area contributed by atoms with Gasteiger partial charge in [0.2, 0.25) is 0 Å². The Bertz CT molecular complexity index is 1220. The third kappa shape index (κ3) is 5.78. The summed E-state index contributed by atoms with van der Waals surface area (Å²) in [6.45, 7) is 0.246. The maximum Gasteiger partial charge on any atom is 0.266 e. The van der Waals surface area contributed by atoms with Gasteiger partial charge >= 0.3 is 0 Å². The Morgan fingerprint density at radius 3 is 2.62 bits per heavy atom. The number of benzene rings is 3. The van der Waals surface area contributed by atoms with E-state index in [-0.39, 0.29) is 17.9 Å². The van der Waals surface area contributed by atoms with Gasteiger partial charge in [-0.1, -0.05) is 41.9 Å². The number of nitrogens with one attached hydrogen (secondary N) is 1. The van der Waals surface area contributed by atoms with Crippen LogP contribution in [0.2, 0.25) is 5.02 Å². The number of para-hydroxylation sites is 1. The number of hydrogen-bond donors (Lipinski definition) is 1. The molecule has 0 saturated carbocycles. The maximum absolute atomic E-state index is 13.8. The molecule has 0 saturated heterocycles. The van der Waals surface area contributed by atoms with Crippen molar-refractivity contribution in [3.05, 3.63) is 91.8 Å². The number of rotatable bonds is 7. The summed E-state index contributed by atoms with van der Waals surface area (Å²) in [4.78, 5) is 12.5. The Morgan fingerprint density at radius 1 is 1.22 bits per heavy atom. The Kier molecular flexibility index (Phi) is 8.09. The first kappa shape index (κ1) is 23.6. The molecule has 5 nitrogen and oxygen atoms in total. The Balaban J connectivity index is 1.84. The molecule has 0 heterocycles. The second kappa shape index (κ2) is 11.0. The van der Waals surface area contributed by atoms with E-state index < -0.39 is 11.7 Å². The number of ether oxygens (including phenoxy) is 2. The molecule has 3 aromatic carbocycles. The van der Waals surface area contributed by atoms with E-state index in [9.17, 15) is 14.4 Å². The summed E-state index contributed by atoms with van der Waals surface area (Å²) in [5.74, 6) is -0.360. The van der Waals surface area contributed by atoms with E-state index in [1.54, 1.807) is 24.3 Å². The topological polar surface area (TPSA) is 71.3 Å². The van der Waals surface area contributed by atoms with Crippen LogP contribution in [0.3, 0.4) is 0 Å². The zero-order valence-corrected chi connectivity index (χ0v) is 19.8. The predicted molar refractivity (Wildman–Crippen MR) is 130 cm³/mol. The predicted octanol–water partition coefficient (Wildman–Crippen LogP) is 6.22. The van der Waals surface area contributed by atoms with Gasteiger partial charge in [0.15, 0.2) is 11.5 Å². The highest BCUT2D eigenvalue weighted by molar-refractivity contribution is 14.1. The normalized spacial score (nSPS) is 10.9. The number of anilines is 1. The van der Waals surface area contributed by atoms with Crippen molar-refractivity contribution in [3.8, 4) is 17.6 Å². The summed E-state index contributed by atoms with van der Waals surface area (Å²) in [6.07, 6.45) is 1.40. The minimum Gasteiger partial charge on any atom is -0.493 e. The van der Waals surface area contributed by atoms with Crippen LogP contribution in [-0.2, 0) is 11.4 Å². The lowest BCUT2D eigenvalue weighted by molar-refractivity contribution is -0.112. The molecule has 0 aromatic heterocycles. The van der Waals surface area contributed by atoms with E-state index in [4.69, 9.17) is 21.1 Å². The summed E-state index contributed by atoms with van der Waals surface area (Å²) in [5.41, 5.74) is 1.19. The van der Waals surface area contributed by atoms with Crippen LogP contribution >= 0.6 is 34.2 Å². The van der Waals surface area contributed by atoms with Crippen LogP contribution in [0.5, 0.6) is 11.5 Å². The van der Waals surface area contributed by atoms with E-state index >= 15 is 0 Å². The highest BCUT2D eigenvalue weighted by Gasteiger charge is 2.15. The average Bonchev–Trinajstić information content (AvgIpc) is 2.78. The Labute approximate surface area is 203 Å². The van der Waals surface area contributed by atoms with Crippen LogP contribution in [0.1, 0.15) is 11.1 Å². The number of carbonyl (C=O) groups excluding carboxylic acids is 1. The van der Waals surface area contributed by atoms with E-state index in [2.05, 4.69) is 27.9 Å². The summed E-state index contributed by atoms with van der Waals surface area (Å²) < 4.78 is 25.9. The molecule has 0 aliphatic carbocycles. The van der Waals surface area contributed by atoms with E-state index in [1.165, 1.54) is 31.4 Å². The zero-order valence-electron chi connectivity index (χ0n) is 16.9. The van der Waals surface area contributed by atoms with Crippen molar-refractivity contribution in [2.45, 2.75) is 6.61 Å². The Hall–Kier alpha value is -3.09. The smallest absolute Gasteiger partial charge is 0.266 e. The number of methoxy groups -OCH3 is 1. The molecule has 3 aromatic rings. The molecule has 32 heavy (non-hydrogen) atoms. The summed E-state index contributed by atoms with van der Waals surface area (Å²) in [6, 6.07) is 18.3. The lowest BCUT2D eigenvalue weighted by atomic mass is 10.1. The number of hydrogen-bond acceptors (Lipinski definition) is 4. The minimum absolute atomic E-state index is 0.00543. The second-order valence-corrected chi connectivity index (χ2v) is 8.09. The van der Waals surface area contributed by atoms with E-state index in [0.29, 0.717) is 25.7 Å². The molecular weight excluding hydrogens is 546 g/mol. The van der Waals surface area contributed by atoms with Gasteiger partial charge in [-0.05, 0) is 64.6 Å². The van der Waals surface area contributed by atoms with E-state index in [1.807, 2.05) is 24.3 Å². The van der Waals surface area contributed by atoms with Crippen LogP contribution < -0.4 is 14.8 Å². The number of carbonyl (C=O) groups is 1. The lowest BCUT2D eigenvalue weighted by Crippen LogP contribution is -2.14. The van der Waals surface area contributed by atoms with Crippen molar-refractivity contribution >= 4 is 51.9 Å². The van der Waals surface area contributed by atoms with E-state index in [0.717, 1.165) is 5.56 Å². The summed E-state index contributed by atoms with van der Waals surface area (Å²) in [5, 5.41) is 12.5. The van der Waals surface area contributed by atoms with Crippen molar-refractivity contribution in [2.24, 2.45) is 0 Å². The molecule has 0 atom stereocenters. The van der Waals surface area contributed by atoms with Crippen LogP contribution in [0.25, 0.3) is 6.08 Å². The van der Waals surface area contributed by atoms with Gasteiger partial charge in [-0.3, -0.25) is 4.79 Å². The lowest BCUT2D eigenvalue weighted by Gasteiger charge is -2.14. The van der Waals surface area contributed by atoms with Crippen LogP contribution in [0.4, 0.5) is 10.1 Å². The molecule has 162 valence electrons. The fourth-order valence-electron chi connectivity index (χ4n) is 2.80. The largest absolute Gasteiger partial charge is 0.493 e. The monoisotopic (exact) mass is 562 g/mol. The molecular formula is C24H17ClFIN2O3. The fraction of sp³-hybridized carbons (Fsp3) is 0.0833. The number of halogens is 3. The second-order valence-electron chi connectivity index (χ2n) is 6.52. The molecule has 8 heteroatoms. The van der Waals surface area contributed by atoms with Gasteiger partial charge in [-0.25, -0.2) is 4.39 Å². The van der Waals surface area contributed by atoms with Gasteiger partial charge in [-0.15, -0.1) is 0 Å². The summed E-state index contributed by atoms with van der Waals surface area (Å²) >= 11 is 8.27. The van der Waals surface area contributed by atoms with Crippen molar-refractivity contribution in [1.29, 1.82) is 5.26 Å². The maximum atomic E-state index is 13.8. The standard InChI is InChI=1S/C24H17ClFIN2O3/c1-31-22-12-15(10-17(13-28)24(30)29-21-9-5-4-8-19(21)26)11-20(27)23(22)32-14-16-6-2-3-7-18(16)25/h2-12H,14H2,1H3,(H,29,30)/b17-10-. The van der Waals surface area contributed by atoms with Gasteiger partial charge in [0, 0.05) is 10.6 Å². The average molecular weight is 563 g/mol. The first-order chi connectivity index (χ1) is 15.4. The van der Waals surface area contributed by atoms with Gasteiger partial charge in [0.25, 0.3) is 5.91 Å². The van der Waals surface area contributed by atoms with Gasteiger partial charge in [0.1, 0.15) is 24.1 Å². The van der Waals surface area contributed by atoms with Gasteiger partial charge < -0.3 is 14.8 Å². The van der Waals surface area contributed by atoms with Crippen LogP contribution in [0, 0.1) is 20.7 Å². The third-order valence-corrected chi connectivity index (χ3v) is 5.55. The molecule has 1 amide bonds. The van der Waals surface area contributed by atoms with Crippen molar-refractivity contribution in [1.82, 2.24) is 0 Å². The highest BCUT2D eigenvalue weighted by Crippen LogP contribution is 2.35. The molecule has 0 aliphatic rings. The first-order valence-electron chi connectivity index (χ1n) is 9.34. The number of nitriles is 1. The number of amides is 1. The zero-order chi connectivity index (χ0) is 23.1. The molecule has 1 N–H and O–H groups in total. The van der Waals surface area contributed by atoms with Crippen LogP contribution in [-0.4, -0.2) is 13.0 Å². The molecule has 0 radical (unpaired) electrons. The molecule has 3 rings (SSSR count). The van der Waals surface area contributed by atoms with Crippen molar-refractivity contribution in [2.75, 3.05) is 12.4 Å². The quantitative estimate of drug-likeness (QED) is 0.211. The third-order valence-electron chi connectivity index (χ3n) is 4.38. The molecule has 0 aliphatic heterocycles. The van der Waals surface area contributed by atoms with Crippen molar-refractivity contribution in [3.63, 3.8) is 0 Å². The number of nitrogens with zero attached hydrogens (tertiary/aromatic N) is 1. The highest BCUT2D eigenvalue weighted by atomic mass is 127. The SMILES string of the molecule is COc1cc(/C=C(/C#N)C(=O)Nc2ccccc2F)cc(I)c1OCc1ccccc1Cl. The summed E-state index contributed by atoms with van der Waals surface area (Å²) in [7, 11) is 1.50. The minimum atomic E-state index is -0.717. The van der Waals surface area contributed by atoms with Gasteiger partial charge in [-0.2, -0.15) is 5.26 Å². The molecule has 0 bridgehead atoms. The van der Waals surface area contributed by atoms with Crippen LogP contribution in [0.15, 0.2) is 66.2 Å². The van der Waals surface area contributed by atoms with Gasteiger partial charge in [0.05, 0.1) is 16.4 Å². The first-order valence-corrected chi connectivity index (χ1v) is 10.8. The Morgan fingerprint density at radius 2 is 1.94 bits per heavy atom. The van der Waals surface area contributed by atoms with Crippen molar-refractivity contribution < 1.29 is 18.7 Å². The molecule has 0 fully saturated rings. The molecule has 0 unspecified atom stereocenters. The molecule has 0 spiro atoms. The fourth-order valence-corrected chi connectivity index (χ4v) is 3.77.